The van der Waals surface area contributed by atoms with Gasteiger partial charge in [0.15, 0.2) is 0 Å². The molecule has 0 unspecified atom stereocenters. The summed E-state index contributed by atoms with van der Waals surface area (Å²) in [4.78, 5) is 8.29. The van der Waals surface area contributed by atoms with Crippen LogP contribution in [-0.4, -0.2) is 29.8 Å². The summed E-state index contributed by atoms with van der Waals surface area (Å²) < 4.78 is 2.05. The molecular weight excluding hydrogens is 428 g/mol. The van der Waals surface area contributed by atoms with Crippen LogP contribution in [0.3, 0.4) is 0 Å². The van der Waals surface area contributed by atoms with Crippen molar-refractivity contribution in [1.82, 2.24) is 19.4 Å². The Hall–Kier alpha value is -2.58. The van der Waals surface area contributed by atoms with Gasteiger partial charge in [0, 0.05) is 0 Å². The van der Waals surface area contributed by atoms with E-state index in [1.54, 1.807) is 31.5 Å². The molecule has 31 heavy (non-hydrogen) atoms. The van der Waals surface area contributed by atoms with Gasteiger partial charge in [-0.1, -0.05) is 56.0 Å². The molecule has 8 heteroatoms. The van der Waals surface area contributed by atoms with E-state index in [0.717, 1.165) is 21.5 Å². The third-order valence-corrected chi connectivity index (χ3v) is 5.62. The average Bonchev–Trinajstić information content (AvgIpc) is 3.28. The molecule has 0 aliphatic rings. The van der Waals surface area contributed by atoms with Crippen molar-refractivity contribution < 1.29 is 10.4 Å². The van der Waals surface area contributed by atoms with Crippen LogP contribution in [0.25, 0.3) is 5.57 Å². The highest BCUT2D eigenvalue weighted by Gasteiger charge is 2.15. The van der Waals surface area contributed by atoms with Gasteiger partial charge in [-0.05, 0) is 67.7 Å². The Labute approximate surface area is 194 Å². The van der Waals surface area contributed by atoms with Crippen LogP contribution in [0.15, 0.2) is 78.4 Å². The molecule has 2 aromatic rings. The zero-order chi connectivity index (χ0) is 23.6. The number of rotatable bonds is 8. The summed E-state index contributed by atoms with van der Waals surface area (Å²) in [6, 6.07) is 0. The van der Waals surface area contributed by atoms with Crippen LogP contribution in [0, 0.1) is 6.92 Å². The number of allylic oxidation sites excluding steroid dienone is 8. The van der Waals surface area contributed by atoms with E-state index in [0.29, 0.717) is 28.1 Å². The van der Waals surface area contributed by atoms with E-state index in [9.17, 15) is 10.4 Å². The Morgan fingerprint density at radius 2 is 1.61 bits per heavy atom. The highest BCUT2D eigenvalue weighted by Crippen LogP contribution is 2.36. The Morgan fingerprint density at radius 1 is 1.03 bits per heavy atom. The molecule has 0 bridgehead atoms. The third kappa shape index (κ3) is 10.3. The molecule has 0 fully saturated rings. The van der Waals surface area contributed by atoms with Gasteiger partial charge in [0.2, 0.25) is 10.3 Å². The van der Waals surface area contributed by atoms with Crippen molar-refractivity contribution in [3.8, 4) is 0 Å². The standard InChI is InChI=1S/C15H18N4O2S2.C5H10.C3H6/c1-4-6-7-8-12(5-2)13-10-17-15(19(13)21)23-22-14-16-9-11(3)18(14)20;1-3-5-4-2;1-3-2/h4-7,9-10,20-21H,1,8H2,2-3H3;3,5H,4H2,1-2H3;3H,1H2,2H3/b7-6?,12-5+;5-3-;. The molecule has 0 spiro atoms. The van der Waals surface area contributed by atoms with Crippen molar-refractivity contribution in [3.63, 3.8) is 0 Å². The monoisotopic (exact) mass is 462 g/mol. The van der Waals surface area contributed by atoms with Crippen LogP contribution in [0.5, 0.6) is 0 Å². The number of aryl methyl sites for hydroxylation is 1. The molecule has 2 rings (SSSR count). The molecule has 0 aromatic carbocycles. The van der Waals surface area contributed by atoms with Crippen molar-refractivity contribution in [2.24, 2.45) is 0 Å². The van der Waals surface area contributed by atoms with Gasteiger partial charge in [-0.25, -0.2) is 9.97 Å². The summed E-state index contributed by atoms with van der Waals surface area (Å²) in [5, 5.41) is 20.9. The fourth-order valence-electron chi connectivity index (χ4n) is 2.04. The van der Waals surface area contributed by atoms with Crippen LogP contribution in [0.1, 0.15) is 51.9 Å². The number of hydrogen-bond acceptors (Lipinski definition) is 6. The van der Waals surface area contributed by atoms with E-state index in [4.69, 9.17) is 0 Å². The number of aromatic nitrogens is 4. The molecule has 0 saturated heterocycles. The molecule has 170 valence electrons. The highest BCUT2D eigenvalue weighted by molar-refractivity contribution is 8.76. The van der Waals surface area contributed by atoms with Crippen LogP contribution in [-0.2, 0) is 0 Å². The first-order valence-corrected chi connectivity index (χ1v) is 12.0. The quantitative estimate of drug-likeness (QED) is 0.185. The summed E-state index contributed by atoms with van der Waals surface area (Å²) >= 11 is 0. The Kier molecular flexibility index (Phi) is 15.7. The molecule has 0 amide bonds. The van der Waals surface area contributed by atoms with Gasteiger partial charge in [-0.3, -0.25) is 0 Å². The smallest absolute Gasteiger partial charge is 0.214 e. The summed E-state index contributed by atoms with van der Waals surface area (Å²) in [7, 11) is 2.44. The van der Waals surface area contributed by atoms with E-state index in [1.165, 1.54) is 21.6 Å². The molecular formula is C23H34N4O2S2. The summed E-state index contributed by atoms with van der Waals surface area (Å²) in [6.45, 7) is 16.7. The topological polar surface area (TPSA) is 76.1 Å². The highest BCUT2D eigenvalue weighted by atomic mass is 33.1. The van der Waals surface area contributed by atoms with Crippen molar-refractivity contribution in [1.29, 1.82) is 0 Å². The minimum absolute atomic E-state index is 0.415. The lowest BCUT2D eigenvalue weighted by Gasteiger charge is -2.05. The minimum atomic E-state index is 0.415. The molecule has 0 aliphatic heterocycles. The number of hydrogen-bond donors (Lipinski definition) is 2. The first kappa shape index (κ1) is 28.4. The lowest BCUT2D eigenvalue weighted by atomic mass is 10.1. The second-order valence-electron chi connectivity index (χ2n) is 5.97. The molecule has 2 N–H and O–H groups in total. The largest absolute Gasteiger partial charge is 0.426 e. The van der Waals surface area contributed by atoms with E-state index < -0.39 is 0 Å². The van der Waals surface area contributed by atoms with Gasteiger partial charge in [0.05, 0.1) is 18.1 Å². The van der Waals surface area contributed by atoms with E-state index in [-0.39, 0.29) is 0 Å². The van der Waals surface area contributed by atoms with Crippen molar-refractivity contribution >= 4 is 27.2 Å². The SMILES string of the molecule is C/C=C\CC.C=CC.C=CC=CC/C(=C\C)c1cnc(SSc2ncc(C)n2O)n1O. The molecule has 6 nitrogen and oxygen atoms in total. The Balaban J connectivity index is 0.000000968. The lowest BCUT2D eigenvalue weighted by Crippen LogP contribution is -1.98. The van der Waals surface area contributed by atoms with Crippen LogP contribution >= 0.6 is 21.6 Å². The fraction of sp³-hybridized carbons (Fsp3) is 0.304. The fourth-order valence-corrected chi connectivity index (χ4v) is 3.90. The predicted molar refractivity (Wildman–Crippen MR) is 134 cm³/mol. The first-order valence-electron chi connectivity index (χ1n) is 9.87. The van der Waals surface area contributed by atoms with E-state index in [1.807, 2.05) is 39.0 Å². The summed E-state index contributed by atoms with van der Waals surface area (Å²) in [6.07, 6.45) is 18.4. The van der Waals surface area contributed by atoms with Crippen LogP contribution < -0.4 is 0 Å². The molecule has 2 heterocycles. The maximum atomic E-state index is 10.3. The second-order valence-corrected chi connectivity index (χ2v) is 8.03. The zero-order valence-electron chi connectivity index (χ0n) is 19.0. The van der Waals surface area contributed by atoms with E-state index in [2.05, 4.69) is 42.2 Å². The van der Waals surface area contributed by atoms with Gasteiger partial charge in [0.25, 0.3) is 0 Å². The van der Waals surface area contributed by atoms with Gasteiger partial charge in [-0.15, -0.1) is 6.58 Å². The summed E-state index contributed by atoms with van der Waals surface area (Å²) in [5.74, 6) is 0. The van der Waals surface area contributed by atoms with Gasteiger partial charge < -0.3 is 10.4 Å². The van der Waals surface area contributed by atoms with Crippen molar-refractivity contribution in [2.75, 3.05) is 0 Å². The molecule has 2 aromatic heterocycles. The maximum Gasteiger partial charge on any atom is 0.214 e. The van der Waals surface area contributed by atoms with Crippen LogP contribution in [0.2, 0.25) is 0 Å². The predicted octanol–water partition coefficient (Wildman–Crippen LogP) is 7.36. The van der Waals surface area contributed by atoms with Gasteiger partial charge in [0.1, 0.15) is 5.69 Å². The Morgan fingerprint density at radius 3 is 2.03 bits per heavy atom. The van der Waals surface area contributed by atoms with Crippen molar-refractivity contribution in [2.45, 2.75) is 57.8 Å². The Bertz CT molecular complexity index is 880. The molecule has 0 aliphatic carbocycles. The van der Waals surface area contributed by atoms with Gasteiger partial charge >= 0.3 is 0 Å². The zero-order valence-corrected chi connectivity index (χ0v) is 20.7. The van der Waals surface area contributed by atoms with E-state index >= 15 is 0 Å². The van der Waals surface area contributed by atoms with Crippen LogP contribution in [0.4, 0.5) is 0 Å². The van der Waals surface area contributed by atoms with Crippen molar-refractivity contribution in [3.05, 3.63) is 79.5 Å². The average molecular weight is 463 g/mol. The maximum absolute atomic E-state index is 10.3. The summed E-state index contributed by atoms with van der Waals surface area (Å²) in [5.41, 5.74) is 2.23. The lowest BCUT2D eigenvalue weighted by molar-refractivity contribution is 0.154. The molecule has 0 atom stereocenters. The minimum Gasteiger partial charge on any atom is -0.426 e. The second kappa shape index (κ2) is 17.1. The molecule has 0 radical (unpaired) electrons. The number of nitrogens with zero attached hydrogens (tertiary/aromatic N) is 4. The number of imidazole rings is 2. The normalized spacial score (nSPS) is 11.1. The molecule has 0 saturated carbocycles. The third-order valence-electron chi connectivity index (χ3n) is 3.53. The first-order chi connectivity index (χ1) is 14.9. The van der Waals surface area contributed by atoms with Gasteiger partial charge in [-0.2, -0.15) is 9.46 Å².